The van der Waals surface area contributed by atoms with Gasteiger partial charge in [0.15, 0.2) is 0 Å². The maximum Gasteiger partial charge on any atom is 0.0462 e. The van der Waals surface area contributed by atoms with Crippen LogP contribution in [0.1, 0.15) is 52.9 Å². The molecule has 2 rings (SSSR count). The normalized spacial score (nSPS) is 33.3. The summed E-state index contributed by atoms with van der Waals surface area (Å²) in [5.74, 6) is 1.70. The molecule has 1 N–H and O–H groups in total. The zero-order chi connectivity index (χ0) is 14.6. The monoisotopic (exact) mass is 282 g/mol. The third kappa shape index (κ3) is 3.75. The van der Waals surface area contributed by atoms with Gasteiger partial charge in [0.2, 0.25) is 0 Å². The Hall–Kier alpha value is -0.120. The van der Waals surface area contributed by atoms with Crippen LogP contribution in [-0.2, 0) is 4.74 Å². The number of unbranched alkanes of at least 4 members (excludes halogenated alkanes) is 1. The van der Waals surface area contributed by atoms with Gasteiger partial charge in [0.05, 0.1) is 0 Å². The summed E-state index contributed by atoms with van der Waals surface area (Å²) in [5.41, 5.74) is 0.400. The van der Waals surface area contributed by atoms with E-state index in [0.29, 0.717) is 11.6 Å². The highest BCUT2D eigenvalue weighted by molar-refractivity contribution is 5.05. The van der Waals surface area contributed by atoms with E-state index in [1.807, 2.05) is 0 Å². The fourth-order valence-electron chi connectivity index (χ4n) is 3.63. The molecule has 0 aromatic rings. The Morgan fingerprint density at radius 3 is 2.70 bits per heavy atom. The van der Waals surface area contributed by atoms with Gasteiger partial charge in [-0.05, 0) is 51.0 Å². The standard InChI is InChI=1S/C17H34N2O/c1-5-14(2)16-12-19(10-6-7-11-20-4)17(3,13-18-16)15-8-9-15/h14-16,18H,5-13H2,1-4H3. The fourth-order valence-corrected chi connectivity index (χ4v) is 3.63. The minimum Gasteiger partial charge on any atom is -0.385 e. The van der Waals surface area contributed by atoms with Crippen molar-refractivity contribution in [2.75, 3.05) is 33.4 Å². The number of hydrogen-bond donors (Lipinski definition) is 1. The Labute approximate surface area is 125 Å². The van der Waals surface area contributed by atoms with Crippen molar-refractivity contribution in [2.45, 2.75) is 64.5 Å². The van der Waals surface area contributed by atoms with Gasteiger partial charge in [0, 0.05) is 38.4 Å². The topological polar surface area (TPSA) is 24.5 Å². The molecule has 1 heterocycles. The van der Waals surface area contributed by atoms with Gasteiger partial charge in [-0.15, -0.1) is 0 Å². The van der Waals surface area contributed by atoms with Crippen molar-refractivity contribution in [1.82, 2.24) is 10.2 Å². The van der Waals surface area contributed by atoms with E-state index < -0.39 is 0 Å². The van der Waals surface area contributed by atoms with E-state index in [-0.39, 0.29) is 0 Å². The molecule has 1 saturated heterocycles. The van der Waals surface area contributed by atoms with Crippen LogP contribution >= 0.6 is 0 Å². The van der Waals surface area contributed by atoms with Crippen molar-refractivity contribution in [3.63, 3.8) is 0 Å². The van der Waals surface area contributed by atoms with Crippen LogP contribution in [0.15, 0.2) is 0 Å². The SMILES string of the molecule is CCC(C)C1CN(CCCCOC)C(C)(C2CC2)CN1. The van der Waals surface area contributed by atoms with Gasteiger partial charge in [-0.1, -0.05) is 20.3 Å². The summed E-state index contributed by atoms with van der Waals surface area (Å²) >= 11 is 0. The number of nitrogens with one attached hydrogen (secondary N) is 1. The highest BCUT2D eigenvalue weighted by Gasteiger charge is 2.48. The molecule has 0 amide bonds. The number of piperazine rings is 1. The summed E-state index contributed by atoms with van der Waals surface area (Å²) in [6.45, 7) is 11.7. The molecular weight excluding hydrogens is 248 g/mol. The third-order valence-electron chi connectivity index (χ3n) is 5.68. The van der Waals surface area contributed by atoms with E-state index in [2.05, 4.69) is 31.0 Å². The van der Waals surface area contributed by atoms with E-state index in [9.17, 15) is 0 Å². The highest BCUT2D eigenvalue weighted by Crippen LogP contribution is 2.44. The number of nitrogens with zero attached hydrogens (tertiary/aromatic N) is 1. The minimum absolute atomic E-state index is 0.400. The van der Waals surface area contributed by atoms with Gasteiger partial charge in [-0.3, -0.25) is 4.90 Å². The smallest absolute Gasteiger partial charge is 0.0462 e. The van der Waals surface area contributed by atoms with Crippen LogP contribution in [0.2, 0.25) is 0 Å². The molecule has 3 nitrogen and oxygen atoms in total. The molecule has 20 heavy (non-hydrogen) atoms. The molecule has 3 heteroatoms. The Kier molecular flexibility index (Phi) is 5.88. The molecule has 3 unspecified atom stereocenters. The predicted octanol–water partition coefficient (Wildman–Crippen LogP) is 2.90. The average molecular weight is 282 g/mol. The molecule has 2 fully saturated rings. The molecule has 0 radical (unpaired) electrons. The van der Waals surface area contributed by atoms with E-state index in [4.69, 9.17) is 4.74 Å². The van der Waals surface area contributed by atoms with Crippen molar-refractivity contribution in [1.29, 1.82) is 0 Å². The summed E-state index contributed by atoms with van der Waals surface area (Å²) in [6, 6.07) is 0.675. The average Bonchev–Trinajstić information content (AvgIpc) is 3.29. The predicted molar refractivity (Wildman–Crippen MR) is 85.1 cm³/mol. The van der Waals surface area contributed by atoms with Gasteiger partial charge in [0.1, 0.15) is 0 Å². The van der Waals surface area contributed by atoms with Crippen LogP contribution in [0, 0.1) is 11.8 Å². The molecule has 2 aliphatic rings. The van der Waals surface area contributed by atoms with Gasteiger partial charge in [-0.25, -0.2) is 0 Å². The van der Waals surface area contributed by atoms with E-state index in [1.165, 1.54) is 51.7 Å². The number of ether oxygens (including phenoxy) is 1. The molecular formula is C17H34N2O. The first-order valence-electron chi connectivity index (χ1n) is 8.59. The van der Waals surface area contributed by atoms with Crippen LogP contribution in [-0.4, -0.2) is 49.8 Å². The van der Waals surface area contributed by atoms with Crippen molar-refractivity contribution in [3.8, 4) is 0 Å². The molecule has 0 spiro atoms. The second kappa shape index (κ2) is 7.24. The molecule has 0 aromatic carbocycles. The number of methoxy groups -OCH3 is 1. The summed E-state index contributed by atoms with van der Waals surface area (Å²) in [7, 11) is 1.80. The first-order valence-corrected chi connectivity index (χ1v) is 8.59. The summed E-state index contributed by atoms with van der Waals surface area (Å²) in [5, 5.41) is 3.85. The van der Waals surface area contributed by atoms with Gasteiger partial charge < -0.3 is 10.1 Å². The molecule has 0 bridgehead atoms. The molecule has 0 aromatic heterocycles. The summed E-state index contributed by atoms with van der Waals surface area (Å²) in [6.07, 6.45) is 6.59. The van der Waals surface area contributed by atoms with E-state index >= 15 is 0 Å². The summed E-state index contributed by atoms with van der Waals surface area (Å²) in [4.78, 5) is 2.80. The summed E-state index contributed by atoms with van der Waals surface area (Å²) < 4.78 is 5.19. The number of hydrogen-bond acceptors (Lipinski definition) is 3. The lowest BCUT2D eigenvalue weighted by Gasteiger charge is -2.50. The number of rotatable bonds is 8. The maximum atomic E-state index is 5.19. The largest absolute Gasteiger partial charge is 0.385 e. The second-order valence-corrected chi connectivity index (χ2v) is 7.15. The molecule has 1 aliphatic carbocycles. The highest BCUT2D eigenvalue weighted by atomic mass is 16.5. The zero-order valence-electron chi connectivity index (χ0n) is 14.0. The van der Waals surface area contributed by atoms with Crippen LogP contribution in [0.4, 0.5) is 0 Å². The first-order chi connectivity index (χ1) is 9.61. The molecule has 3 atom stereocenters. The third-order valence-corrected chi connectivity index (χ3v) is 5.68. The first kappa shape index (κ1) is 16.3. The van der Waals surface area contributed by atoms with Crippen LogP contribution in [0.25, 0.3) is 0 Å². The Bertz CT molecular complexity index is 293. The van der Waals surface area contributed by atoms with Crippen molar-refractivity contribution < 1.29 is 4.74 Å². The van der Waals surface area contributed by atoms with E-state index in [1.54, 1.807) is 7.11 Å². The fraction of sp³-hybridized carbons (Fsp3) is 1.00. The van der Waals surface area contributed by atoms with E-state index in [0.717, 1.165) is 18.4 Å². The van der Waals surface area contributed by atoms with Crippen molar-refractivity contribution >= 4 is 0 Å². The zero-order valence-corrected chi connectivity index (χ0v) is 14.0. The lowest BCUT2D eigenvalue weighted by molar-refractivity contribution is 0.0208. The Balaban J connectivity index is 1.92. The van der Waals surface area contributed by atoms with Gasteiger partial charge in [-0.2, -0.15) is 0 Å². The van der Waals surface area contributed by atoms with Gasteiger partial charge in [0.25, 0.3) is 0 Å². The van der Waals surface area contributed by atoms with Crippen molar-refractivity contribution in [2.24, 2.45) is 11.8 Å². The van der Waals surface area contributed by atoms with Crippen LogP contribution in [0.5, 0.6) is 0 Å². The lowest BCUT2D eigenvalue weighted by atomic mass is 9.86. The quantitative estimate of drug-likeness (QED) is 0.693. The molecule has 1 saturated carbocycles. The van der Waals surface area contributed by atoms with Gasteiger partial charge >= 0.3 is 0 Å². The minimum atomic E-state index is 0.400. The Morgan fingerprint density at radius 2 is 2.10 bits per heavy atom. The molecule has 118 valence electrons. The van der Waals surface area contributed by atoms with Crippen LogP contribution in [0.3, 0.4) is 0 Å². The Morgan fingerprint density at radius 1 is 1.35 bits per heavy atom. The van der Waals surface area contributed by atoms with Crippen LogP contribution < -0.4 is 5.32 Å². The lowest BCUT2D eigenvalue weighted by Crippen LogP contribution is -2.65. The maximum absolute atomic E-state index is 5.19. The molecule has 1 aliphatic heterocycles. The second-order valence-electron chi connectivity index (χ2n) is 7.15. The van der Waals surface area contributed by atoms with Crippen molar-refractivity contribution in [3.05, 3.63) is 0 Å².